The summed E-state index contributed by atoms with van der Waals surface area (Å²) < 4.78 is 0. The van der Waals surface area contributed by atoms with E-state index in [0.717, 1.165) is 49.6 Å². The SMILES string of the molecule is O=C(NCc1cc(C2CC2)ncn1)c1ccc(N2CCC(Cc3ccccc3)CC2)nn1. The fraction of sp³-hybridized carbons (Fsp3) is 0.400. The first-order valence-corrected chi connectivity index (χ1v) is 11.5. The maximum Gasteiger partial charge on any atom is 0.272 e. The van der Waals surface area contributed by atoms with Gasteiger partial charge in [0.1, 0.15) is 6.33 Å². The topological polar surface area (TPSA) is 83.9 Å². The van der Waals surface area contributed by atoms with Gasteiger partial charge < -0.3 is 10.2 Å². The summed E-state index contributed by atoms with van der Waals surface area (Å²) in [4.78, 5) is 23.3. The van der Waals surface area contributed by atoms with Gasteiger partial charge in [0, 0.05) is 24.7 Å². The first-order chi connectivity index (χ1) is 15.7. The molecule has 1 N–H and O–H groups in total. The van der Waals surface area contributed by atoms with Crippen LogP contribution in [0.2, 0.25) is 0 Å². The van der Waals surface area contributed by atoms with Crippen LogP contribution in [0, 0.1) is 5.92 Å². The first-order valence-electron chi connectivity index (χ1n) is 11.5. The van der Waals surface area contributed by atoms with E-state index in [2.05, 4.69) is 60.7 Å². The van der Waals surface area contributed by atoms with Gasteiger partial charge in [-0.3, -0.25) is 4.79 Å². The highest BCUT2D eigenvalue weighted by molar-refractivity contribution is 5.92. The summed E-state index contributed by atoms with van der Waals surface area (Å²) in [6.45, 7) is 2.29. The summed E-state index contributed by atoms with van der Waals surface area (Å²) in [7, 11) is 0. The Bertz CT molecular complexity index is 1040. The second-order valence-electron chi connectivity index (χ2n) is 8.79. The standard InChI is InChI=1S/C25H28N6O/c32-25(26-16-21-15-23(20-6-7-20)28-17-27-21)22-8-9-24(30-29-22)31-12-10-19(11-13-31)14-18-4-2-1-3-5-18/h1-5,8-9,15,17,19-20H,6-7,10-14,16H2,(H,26,32). The number of aromatic nitrogens is 4. The van der Waals surface area contributed by atoms with Crippen LogP contribution in [0.1, 0.15) is 59.0 Å². The normalized spacial score (nSPS) is 16.7. The number of piperidine rings is 1. The van der Waals surface area contributed by atoms with Crippen molar-refractivity contribution in [3.8, 4) is 0 Å². The molecule has 2 aliphatic rings. The number of nitrogens with one attached hydrogen (secondary N) is 1. The number of carbonyl (C=O) groups excluding carboxylic acids is 1. The molecule has 1 saturated heterocycles. The molecule has 1 amide bonds. The summed E-state index contributed by atoms with van der Waals surface area (Å²) >= 11 is 0. The fourth-order valence-corrected chi connectivity index (χ4v) is 4.30. The lowest BCUT2D eigenvalue weighted by molar-refractivity contribution is 0.0944. The van der Waals surface area contributed by atoms with E-state index in [-0.39, 0.29) is 5.91 Å². The van der Waals surface area contributed by atoms with E-state index in [0.29, 0.717) is 24.1 Å². The lowest BCUT2D eigenvalue weighted by Crippen LogP contribution is -2.35. The first kappa shape index (κ1) is 20.5. The van der Waals surface area contributed by atoms with Gasteiger partial charge in [-0.25, -0.2) is 9.97 Å². The molecule has 0 radical (unpaired) electrons. The van der Waals surface area contributed by atoms with Gasteiger partial charge in [0.05, 0.1) is 12.2 Å². The van der Waals surface area contributed by atoms with Crippen LogP contribution in [0.15, 0.2) is 54.9 Å². The Morgan fingerprint density at radius 2 is 1.78 bits per heavy atom. The van der Waals surface area contributed by atoms with Crippen LogP contribution in [0.3, 0.4) is 0 Å². The third-order valence-corrected chi connectivity index (χ3v) is 6.36. The van der Waals surface area contributed by atoms with Gasteiger partial charge in [-0.05, 0) is 61.8 Å². The Labute approximate surface area is 188 Å². The molecule has 0 bridgehead atoms. The van der Waals surface area contributed by atoms with Crippen molar-refractivity contribution in [1.82, 2.24) is 25.5 Å². The van der Waals surface area contributed by atoms with Crippen LogP contribution in [0.5, 0.6) is 0 Å². The van der Waals surface area contributed by atoms with Crippen molar-refractivity contribution < 1.29 is 4.79 Å². The van der Waals surface area contributed by atoms with Gasteiger partial charge in [0.25, 0.3) is 5.91 Å². The molecule has 3 heterocycles. The lowest BCUT2D eigenvalue weighted by Gasteiger charge is -2.32. The molecule has 0 atom stereocenters. The minimum absolute atomic E-state index is 0.239. The van der Waals surface area contributed by atoms with E-state index in [1.165, 1.54) is 18.4 Å². The van der Waals surface area contributed by atoms with Crippen molar-refractivity contribution in [1.29, 1.82) is 0 Å². The third-order valence-electron chi connectivity index (χ3n) is 6.36. The number of benzene rings is 1. The Balaban J connectivity index is 1.11. The molecule has 5 rings (SSSR count). The second kappa shape index (κ2) is 9.42. The molecule has 1 aliphatic heterocycles. The molecule has 2 aromatic heterocycles. The minimum atomic E-state index is -0.239. The second-order valence-corrected chi connectivity index (χ2v) is 8.79. The van der Waals surface area contributed by atoms with Gasteiger partial charge in [-0.1, -0.05) is 30.3 Å². The maximum atomic E-state index is 12.5. The molecule has 1 aliphatic carbocycles. The molecular formula is C25H28N6O. The van der Waals surface area contributed by atoms with Crippen LogP contribution in [-0.4, -0.2) is 39.2 Å². The predicted octanol–water partition coefficient (Wildman–Crippen LogP) is 3.53. The summed E-state index contributed by atoms with van der Waals surface area (Å²) in [5.74, 6) is 1.87. The van der Waals surface area contributed by atoms with Crippen molar-refractivity contribution in [3.05, 3.63) is 77.5 Å². The zero-order chi connectivity index (χ0) is 21.8. The molecule has 164 valence electrons. The maximum absolute atomic E-state index is 12.5. The Morgan fingerprint density at radius 1 is 0.969 bits per heavy atom. The largest absolute Gasteiger partial charge is 0.355 e. The van der Waals surface area contributed by atoms with E-state index in [9.17, 15) is 4.79 Å². The molecule has 7 nitrogen and oxygen atoms in total. The Morgan fingerprint density at radius 3 is 2.50 bits per heavy atom. The number of rotatable bonds is 7. The molecule has 32 heavy (non-hydrogen) atoms. The van der Waals surface area contributed by atoms with Crippen molar-refractivity contribution in [2.75, 3.05) is 18.0 Å². The molecule has 7 heteroatoms. The van der Waals surface area contributed by atoms with E-state index in [1.807, 2.05) is 12.1 Å². The smallest absolute Gasteiger partial charge is 0.272 e. The van der Waals surface area contributed by atoms with Crippen LogP contribution < -0.4 is 10.2 Å². The number of hydrogen-bond donors (Lipinski definition) is 1. The quantitative estimate of drug-likeness (QED) is 0.620. The number of hydrogen-bond acceptors (Lipinski definition) is 6. The van der Waals surface area contributed by atoms with Crippen LogP contribution in [0.25, 0.3) is 0 Å². The molecular weight excluding hydrogens is 400 g/mol. The summed E-state index contributed by atoms with van der Waals surface area (Å²) in [6, 6.07) is 16.3. The van der Waals surface area contributed by atoms with Crippen molar-refractivity contribution in [2.45, 2.75) is 44.6 Å². The van der Waals surface area contributed by atoms with Gasteiger partial charge in [0.2, 0.25) is 0 Å². The van der Waals surface area contributed by atoms with E-state index in [1.54, 1.807) is 12.4 Å². The molecule has 0 unspecified atom stereocenters. The molecule has 0 spiro atoms. The van der Waals surface area contributed by atoms with Crippen molar-refractivity contribution in [3.63, 3.8) is 0 Å². The highest BCUT2D eigenvalue weighted by Crippen LogP contribution is 2.38. The van der Waals surface area contributed by atoms with Crippen LogP contribution >= 0.6 is 0 Å². The summed E-state index contributed by atoms with van der Waals surface area (Å²) in [5.41, 5.74) is 3.62. The van der Waals surface area contributed by atoms with E-state index >= 15 is 0 Å². The molecule has 1 aromatic carbocycles. The average molecular weight is 429 g/mol. The van der Waals surface area contributed by atoms with Crippen molar-refractivity contribution in [2.24, 2.45) is 5.92 Å². The average Bonchev–Trinajstić information content (AvgIpc) is 3.70. The molecule has 1 saturated carbocycles. The van der Waals surface area contributed by atoms with E-state index < -0.39 is 0 Å². The van der Waals surface area contributed by atoms with Gasteiger partial charge >= 0.3 is 0 Å². The monoisotopic (exact) mass is 428 g/mol. The van der Waals surface area contributed by atoms with Gasteiger partial charge in [-0.15, -0.1) is 10.2 Å². The zero-order valence-electron chi connectivity index (χ0n) is 18.2. The minimum Gasteiger partial charge on any atom is -0.355 e. The van der Waals surface area contributed by atoms with Crippen LogP contribution in [0.4, 0.5) is 5.82 Å². The number of amides is 1. The van der Waals surface area contributed by atoms with Crippen molar-refractivity contribution >= 4 is 11.7 Å². The number of anilines is 1. The van der Waals surface area contributed by atoms with Gasteiger partial charge in [-0.2, -0.15) is 0 Å². The lowest BCUT2D eigenvalue weighted by atomic mass is 9.90. The highest BCUT2D eigenvalue weighted by atomic mass is 16.1. The van der Waals surface area contributed by atoms with Gasteiger partial charge in [0.15, 0.2) is 11.5 Å². The Hall–Kier alpha value is -3.35. The number of carbonyl (C=O) groups is 1. The number of nitrogens with zero attached hydrogens (tertiary/aromatic N) is 5. The summed E-state index contributed by atoms with van der Waals surface area (Å²) in [5, 5.41) is 11.4. The highest BCUT2D eigenvalue weighted by Gasteiger charge is 2.25. The fourth-order valence-electron chi connectivity index (χ4n) is 4.30. The van der Waals surface area contributed by atoms with Crippen LogP contribution in [-0.2, 0) is 13.0 Å². The van der Waals surface area contributed by atoms with E-state index in [4.69, 9.17) is 0 Å². The predicted molar refractivity (Wildman–Crippen MR) is 122 cm³/mol. The third kappa shape index (κ3) is 5.10. The molecule has 3 aromatic rings. The molecule has 2 fully saturated rings. The zero-order valence-corrected chi connectivity index (χ0v) is 18.2. The summed E-state index contributed by atoms with van der Waals surface area (Å²) in [6.07, 6.45) is 7.37. The Kier molecular flexibility index (Phi) is 6.05.